The Morgan fingerprint density at radius 2 is 2.05 bits per heavy atom. The molecule has 0 bridgehead atoms. The number of hydrogen-bond acceptors (Lipinski definition) is 3. The lowest BCUT2D eigenvalue weighted by Gasteiger charge is -2.11. The van der Waals surface area contributed by atoms with E-state index in [4.69, 9.17) is 10.5 Å². The number of halogens is 1. The van der Waals surface area contributed by atoms with Crippen LogP contribution in [0, 0.1) is 19.7 Å². The summed E-state index contributed by atoms with van der Waals surface area (Å²) >= 11 is 0. The molecule has 0 spiro atoms. The number of anilines is 2. The molecule has 0 radical (unpaired) electrons. The first kappa shape index (κ1) is 14.8. The zero-order valence-corrected chi connectivity index (χ0v) is 11.9. The lowest BCUT2D eigenvalue weighted by molar-refractivity contribution is -0.118. The maximum absolute atomic E-state index is 13.5. The summed E-state index contributed by atoms with van der Waals surface area (Å²) in [4.78, 5) is 11.8. The number of carbonyl (C=O) groups is 1. The molecule has 4 nitrogen and oxygen atoms in total. The smallest absolute Gasteiger partial charge is 0.262 e. The number of benzene rings is 2. The molecule has 0 unspecified atom stereocenters. The number of nitrogen functional groups attached to an aromatic ring is 1. The van der Waals surface area contributed by atoms with Crippen molar-refractivity contribution < 1.29 is 13.9 Å². The molecule has 0 saturated carbocycles. The van der Waals surface area contributed by atoms with E-state index in [2.05, 4.69) is 5.32 Å². The van der Waals surface area contributed by atoms with Gasteiger partial charge in [0.15, 0.2) is 18.2 Å². The summed E-state index contributed by atoms with van der Waals surface area (Å²) in [6.07, 6.45) is 0. The molecule has 0 aliphatic carbocycles. The molecular weight excluding hydrogens is 271 g/mol. The van der Waals surface area contributed by atoms with Crippen molar-refractivity contribution in [2.75, 3.05) is 17.7 Å². The number of amides is 1. The van der Waals surface area contributed by atoms with Gasteiger partial charge in [-0.3, -0.25) is 4.79 Å². The second-order valence-corrected chi connectivity index (χ2v) is 4.79. The number of rotatable bonds is 4. The van der Waals surface area contributed by atoms with Crippen molar-refractivity contribution in [3.8, 4) is 5.75 Å². The fourth-order valence-electron chi connectivity index (χ4n) is 1.84. The van der Waals surface area contributed by atoms with E-state index in [0.717, 1.165) is 11.1 Å². The van der Waals surface area contributed by atoms with Crippen LogP contribution < -0.4 is 15.8 Å². The van der Waals surface area contributed by atoms with Gasteiger partial charge >= 0.3 is 0 Å². The van der Waals surface area contributed by atoms with E-state index in [1.54, 1.807) is 30.3 Å². The van der Waals surface area contributed by atoms with E-state index in [1.165, 1.54) is 6.07 Å². The fraction of sp³-hybridized carbons (Fsp3) is 0.188. The quantitative estimate of drug-likeness (QED) is 0.850. The van der Waals surface area contributed by atoms with Gasteiger partial charge in [-0.1, -0.05) is 12.1 Å². The number of aryl methyl sites for hydroxylation is 1. The first-order valence-corrected chi connectivity index (χ1v) is 6.51. The summed E-state index contributed by atoms with van der Waals surface area (Å²) in [6.45, 7) is 3.36. The van der Waals surface area contributed by atoms with Crippen LogP contribution in [0.5, 0.6) is 5.75 Å². The average Bonchev–Trinajstić information content (AvgIpc) is 2.45. The van der Waals surface area contributed by atoms with Crippen LogP contribution in [0.4, 0.5) is 15.8 Å². The standard InChI is InChI=1S/C16H17FN2O2/c1-10-6-7-12(17)15(8-10)21-9-16(20)19-14-5-3-4-13(18)11(14)2/h3-8H,9,18H2,1-2H3,(H,19,20). The Morgan fingerprint density at radius 3 is 2.81 bits per heavy atom. The maximum Gasteiger partial charge on any atom is 0.262 e. The number of carbonyl (C=O) groups excluding carboxylic acids is 1. The summed E-state index contributed by atoms with van der Waals surface area (Å²) in [5.41, 5.74) is 8.62. The highest BCUT2D eigenvalue weighted by Crippen LogP contribution is 2.21. The molecule has 2 aromatic carbocycles. The van der Waals surface area contributed by atoms with Crippen molar-refractivity contribution >= 4 is 17.3 Å². The minimum atomic E-state index is -0.492. The highest BCUT2D eigenvalue weighted by Gasteiger charge is 2.09. The molecule has 21 heavy (non-hydrogen) atoms. The van der Waals surface area contributed by atoms with Crippen molar-refractivity contribution in [2.24, 2.45) is 0 Å². The second-order valence-electron chi connectivity index (χ2n) is 4.79. The van der Waals surface area contributed by atoms with E-state index in [9.17, 15) is 9.18 Å². The molecule has 2 rings (SSSR count). The van der Waals surface area contributed by atoms with E-state index in [0.29, 0.717) is 11.4 Å². The van der Waals surface area contributed by atoms with Crippen LogP contribution in [-0.2, 0) is 4.79 Å². The molecule has 0 aliphatic heterocycles. The third kappa shape index (κ3) is 3.72. The third-order valence-corrected chi connectivity index (χ3v) is 3.10. The predicted molar refractivity (Wildman–Crippen MR) is 80.9 cm³/mol. The third-order valence-electron chi connectivity index (χ3n) is 3.10. The molecule has 0 aliphatic rings. The van der Waals surface area contributed by atoms with Crippen molar-refractivity contribution in [1.29, 1.82) is 0 Å². The molecule has 5 heteroatoms. The van der Waals surface area contributed by atoms with Gasteiger partial charge in [0.05, 0.1) is 0 Å². The summed E-state index contributed by atoms with van der Waals surface area (Å²) in [7, 11) is 0. The molecule has 2 aromatic rings. The Hall–Kier alpha value is -2.56. The van der Waals surface area contributed by atoms with Crippen LogP contribution in [0.25, 0.3) is 0 Å². The maximum atomic E-state index is 13.5. The van der Waals surface area contributed by atoms with Gasteiger partial charge in [0, 0.05) is 11.4 Å². The van der Waals surface area contributed by atoms with Crippen LogP contribution in [-0.4, -0.2) is 12.5 Å². The first-order chi connectivity index (χ1) is 9.97. The van der Waals surface area contributed by atoms with Gasteiger partial charge in [0.2, 0.25) is 0 Å². The van der Waals surface area contributed by atoms with Gasteiger partial charge < -0.3 is 15.8 Å². The highest BCUT2D eigenvalue weighted by molar-refractivity contribution is 5.93. The number of hydrogen-bond donors (Lipinski definition) is 2. The molecule has 0 atom stereocenters. The van der Waals surface area contributed by atoms with Crippen LogP contribution in [0.15, 0.2) is 36.4 Å². The van der Waals surface area contributed by atoms with Crippen LogP contribution in [0.1, 0.15) is 11.1 Å². The van der Waals surface area contributed by atoms with E-state index in [-0.39, 0.29) is 18.3 Å². The van der Waals surface area contributed by atoms with Gasteiger partial charge in [-0.25, -0.2) is 4.39 Å². The second kappa shape index (κ2) is 6.26. The van der Waals surface area contributed by atoms with E-state index in [1.807, 2.05) is 13.8 Å². The Kier molecular flexibility index (Phi) is 4.42. The lowest BCUT2D eigenvalue weighted by atomic mass is 10.1. The molecule has 0 saturated heterocycles. The van der Waals surface area contributed by atoms with E-state index >= 15 is 0 Å². The summed E-state index contributed by atoms with van der Waals surface area (Å²) in [5, 5.41) is 2.69. The van der Waals surface area contributed by atoms with Gasteiger partial charge in [0.25, 0.3) is 5.91 Å². The molecule has 1 amide bonds. The zero-order valence-electron chi connectivity index (χ0n) is 11.9. The molecule has 0 heterocycles. The van der Waals surface area contributed by atoms with Crippen molar-refractivity contribution in [1.82, 2.24) is 0 Å². The Balaban J connectivity index is 1.99. The molecule has 3 N–H and O–H groups in total. The summed E-state index contributed by atoms with van der Waals surface area (Å²) in [6, 6.07) is 9.75. The average molecular weight is 288 g/mol. The molecule has 0 aromatic heterocycles. The monoisotopic (exact) mass is 288 g/mol. The largest absolute Gasteiger partial charge is 0.481 e. The minimum Gasteiger partial charge on any atom is -0.481 e. The Bertz CT molecular complexity index is 671. The zero-order chi connectivity index (χ0) is 15.4. The Labute approximate surface area is 122 Å². The van der Waals surface area contributed by atoms with Crippen molar-refractivity contribution in [2.45, 2.75) is 13.8 Å². The van der Waals surface area contributed by atoms with Crippen LogP contribution in [0.2, 0.25) is 0 Å². The summed E-state index contributed by atoms with van der Waals surface area (Å²) < 4.78 is 18.7. The lowest BCUT2D eigenvalue weighted by Crippen LogP contribution is -2.21. The van der Waals surface area contributed by atoms with Gasteiger partial charge in [-0.2, -0.15) is 0 Å². The van der Waals surface area contributed by atoms with Crippen molar-refractivity contribution in [3.05, 3.63) is 53.3 Å². The number of nitrogens with one attached hydrogen (secondary N) is 1. The van der Waals surface area contributed by atoms with Gasteiger partial charge in [0.1, 0.15) is 0 Å². The molecular formula is C16H17FN2O2. The SMILES string of the molecule is Cc1ccc(F)c(OCC(=O)Nc2cccc(N)c2C)c1. The minimum absolute atomic E-state index is 0.0643. The predicted octanol–water partition coefficient (Wildman–Crippen LogP) is 3.04. The Morgan fingerprint density at radius 1 is 1.29 bits per heavy atom. The van der Waals surface area contributed by atoms with Gasteiger partial charge in [-0.15, -0.1) is 0 Å². The topological polar surface area (TPSA) is 64.3 Å². The highest BCUT2D eigenvalue weighted by atomic mass is 19.1. The van der Waals surface area contributed by atoms with Crippen LogP contribution in [0.3, 0.4) is 0 Å². The molecule has 110 valence electrons. The van der Waals surface area contributed by atoms with E-state index < -0.39 is 5.82 Å². The summed E-state index contributed by atoms with van der Waals surface area (Å²) in [5.74, 6) is -0.799. The molecule has 0 fully saturated rings. The number of ether oxygens (including phenoxy) is 1. The first-order valence-electron chi connectivity index (χ1n) is 6.51. The normalized spacial score (nSPS) is 10.2. The number of nitrogens with two attached hydrogens (primary N) is 1. The van der Waals surface area contributed by atoms with Crippen molar-refractivity contribution in [3.63, 3.8) is 0 Å². The fourth-order valence-corrected chi connectivity index (χ4v) is 1.84. The van der Waals surface area contributed by atoms with Gasteiger partial charge in [-0.05, 0) is 49.2 Å². The van der Waals surface area contributed by atoms with Crippen LogP contribution >= 0.6 is 0 Å².